The van der Waals surface area contributed by atoms with Gasteiger partial charge in [0.1, 0.15) is 0 Å². The first-order valence-corrected chi connectivity index (χ1v) is 8.23. The third-order valence-electron chi connectivity index (χ3n) is 4.09. The molecule has 1 aliphatic heterocycles. The van der Waals surface area contributed by atoms with Gasteiger partial charge < -0.3 is 11.1 Å². The molecule has 0 saturated carbocycles. The predicted octanol–water partition coefficient (Wildman–Crippen LogP) is 0.724. The van der Waals surface area contributed by atoms with Crippen LogP contribution in [-0.4, -0.2) is 38.8 Å². The summed E-state index contributed by atoms with van der Waals surface area (Å²) in [5.41, 5.74) is 6.34. The number of nitrogens with one attached hydrogen (secondary N) is 1. The van der Waals surface area contributed by atoms with Crippen LogP contribution in [0.15, 0.2) is 23.1 Å². The topological polar surface area (TPSA) is 92.5 Å². The number of sulfonamides is 1. The van der Waals surface area contributed by atoms with Gasteiger partial charge in [0.25, 0.3) is 0 Å². The lowest BCUT2D eigenvalue weighted by atomic mass is 9.89. The molecule has 3 N–H and O–H groups in total. The lowest BCUT2D eigenvalue weighted by Gasteiger charge is -2.22. The SMILES string of the molecule is CNC(=O)C1(C)CCN(S(=O)(=O)c2ccc(N)c(C)c2)C1. The van der Waals surface area contributed by atoms with Crippen LogP contribution in [0.3, 0.4) is 0 Å². The second-order valence-electron chi connectivity index (χ2n) is 5.75. The second-order valence-corrected chi connectivity index (χ2v) is 7.68. The standard InChI is InChI=1S/C14H21N3O3S/c1-10-8-11(4-5-12(10)15)21(19,20)17-7-6-14(2,9-17)13(18)16-3/h4-5,8H,6-7,9,15H2,1-3H3,(H,16,18). The van der Waals surface area contributed by atoms with E-state index < -0.39 is 15.4 Å². The summed E-state index contributed by atoms with van der Waals surface area (Å²) in [6.07, 6.45) is 0.514. The van der Waals surface area contributed by atoms with Gasteiger partial charge in [-0.05, 0) is 44.0 Å². The van der Waals surface area contributed by atoms with Crippen molar-refractivity contribution in [1.29, 1.82) is 0 Å². The minimum absolute atomic E-state index is 0.131. The summed E-state index contributed by atoms with van der Waals surface area (Å²) in [5.74, 6) is -0.131. The molecule has 1 heterocycles. The number of amides is 1. The minimum atomic E-state index is -3.59. The number of hydrogen-bond donors (Lipinski definition) is 2. The molecule has 7 heteroatoms. The quantitative estimate of drug-likeness (QED) is 0.805. The van der Waals surface area contributed by atoms with Gasteiger partial charge >= 0.3 is 0 Å². The van der Waals surface area contributed by atoms with E-state index in [9.17, 15) is 13.2 Å². The molecule has 1 aromatic rings. The molecule has 1 aliphatic rings. The van der Waals surface area contributed by atoms with Gasteiger partial charge in [-0.1, -0.05) is 0 Å². The van der Waals surface area contributed by atoms with E-state index in [1.165, 1.54) is 10.4 Å². The Hall–Kier alpha value is -1.60. The zero-order valence-corrected chi connectivity index (χ0v) is 13.3. The van der Waals surface area contributed by atoms with Gasteiger partial charge in [0, 0.05) is 25.8 Å². The number of carbonyl (C=O) groups is 1. The normalized spacial score (nSPS) is 23.2. The molecule has 6 nitrogen and oxygen atoms in total. The zero-order valence-electron chi connectivity index (χ0n) is 12.5. The molecular formula is C14H21N3O3S. The van der Waals surface area contributed by atoms with Gasteiger partial charge in [-0.2, -0.15) is 4.31 Å². The van der Waals surface area contributed by atoms with E-state index in [1.807, 2.05) is 0 Å². The first-order chi connectivity index (χ1) is 9.70. The first-order valence-electron chi connectivity index (χ1n) is 6.79. The Bertz CT molecular complexity index is 672. The summed E-state index contributed by atoms with van der Waals surface area (Å²) in [6.45, 7) is 4.09. The Morgan fingerprint density at radius 2 is 2.10 bits per heavy atom. The molecular weight excluding hydrogens is 290 g/mol. The van der Waals surface area contributed by atoms with Gasteiger partial charge in [-0.3, -0.25) is 4.79 Å². The summed E-state index contributed by atoms with van der Waals surface area (Å²) in [6, 6.07) is 4.67. The molecule has 1 fully saturated rings. The lowest BCUT2D eigenvalue weighted by molar-refractivity contribution is -0.128. The maximum atomic E-state index is 12.7. The minimum Gasteiger partial charge on any atom is -0.399 e. The van der Waals surface area contributed by atoms with Crippen molar-refractivity contribution in [1.82, 2.24) is 9.62 Å². The average molecular weight is 311 g/mol. The number of aryl methyl sites for hydroxylation is 1. The fourth-order valence-corrected chi connectivity index (χ4v) is 4.22. The molecule has 0 aliphatic carbocycles. The number of hydrogen-bond acceptors (Lipinski definition) is 4. The van der Waals surface area contributed by atoms with Crippen LogP contribution in [0.1, 0.15) is 18.9 Å². The highest BCUT2D eigenvalue weighted by Crippen LogP contribution is 2.34. The molecule has 1 aromatic carbocycles. The fourth-order valence-electron chi connectivity index (χ4n) is 2.57. The molecule has 0 aromatic heterocycles. The number of nitrogens with zero attached hydrogens (tertiary/aromatic N) is 1. The summed E-state index contributed by atoms with van der Waals surface area (Å²) in [5, 5.41) is 2.60. The van der Waals surface area contributed by atoms with Crippen LogP contribution in [0.4, 0.5) is 5.69 Å². The molecule has 1 amide bonds. The Balaban J connectivity index is 2.30. The van der Waals surface area contributed by atoms with Crippen LogP contribution in [0, 0.1) is 12.3 Å². The molecule has 1 unspecified atom stereocenters. The van der Waals surface area contributed by atoms with E-state index in [4.69, 9.17) is 5.73 Å². The number of anilines is 1. The highest BCUT2D eigenvalue weighted by atomic mass is 32.2. The Morgan fingerprint density at radius 3 is 2.67 bits per heavy atom. The zero-order chi connectivity index (χ0) is 15.8. The largest absolute Gasteiger partial charge is 0.399 e. The van der Waals surface area contributed by atoms with E-state index in [1.54, 1.807) is 33.0 Å². The highest BCUT2D eigenvalue weighted by Gasteiger charge is 2.44. The van der Waals surface area contributed by atoms with Crippen molar-refractivity contribution in [2.24, 2.45) is 5.41 Å². The van der Waals surface area contributed by atoms with Gasteiger partial charge in [0.05, 0.1) is 10.3 Å². The van der Waals surface area contributed by atoms with Crippen molar-refractivity contribution in [2.75, 3.05) is 25.9 Å². The average Bonchev–Trinajstić information content (AvgIpc) is 2.85. The summed E-state index contributed by atoms with van der Waals surface area (Å²) >= 11 is 0. The van der Waals surface area contributed by atoms with Crippen molar-refractivity contribution in [2.45, 2.75) is 25.2 Å². The van der Waals surface area contributed by atoms with Crippen molar-refractivity contribution < 1.29 is 13.2 Å². The molecule has 116 valence electrons. The number of nitrogen functional groups attached to an aromatic ring is 1. The van der Waals surface area contributed by atoms with Crippen LogP contribution in [0.25, 0.3) is 0 Å². The Morgan fingerprint density at radius 1 is 1.43 bits per heavy atom. The number of nitrogens with two attached hydrogens (primary N) is 1. The first kappa shape index (κ1) is 15.8. The lowest BCUT2D eigenvalue weighted by Crippen LogP contribution is -2.40. The maximum absolute atomic E-state index is 12.7. The van der Waals surface area contributed by atoms with Crippen LogP contribution in [0.2, 0.25) is 0 Å². The van der Waals surface area contributed by atoms with Crippen molar-refractivity contribution in [3.63, 3.8) is 0 Å². The third kappa shape index (κ3) is 2.75. The second kappa shape index (κ2) is 5.31. The molecule has 1 saturated heterocycles. The van der Waals surface area contributed by atoms with E-state index in [-0.39, 0.29) is 17.3 Å². The van der Waals surface area contributed by atoms with Gasteiger partial charge in [0.15, 0.2) is 0 Å². The number of rotatable bonds is 3. The molecule has 1 atom stereocenters. The smallest absolute Gasteiger partial charge is 0.243 e. The van der Waals surface area contributed by atoms with Crippen LogP contribution in [-0.2, 0) is 14.8 Å². The van der Waals surface area contributed by atoms with Gasteiger partial charge in [-0.25, -0.2) is 8.42 Å². The van der Waals surface area contributed by atoms with Crippen molar-refractivity contribution in [3.8, 4) is 0 Å². The Kier molecular flexibility index (Phi) is 3.99. The molecule has 0 radical (unpaired) electrons. The maximum Gasteiger partial charge on any atom is 0.243 e. The summed E-state index contributed by atoms with van der Waals surface area (Å²) in [4.78, 5) is 12.1. The van der Waals surface area contributed by atoms with Gasteiger partial charge in [-0.15, -0.1) is 0 Å². The van der Waals surface area contributed by atoms with Gasteiger partial charge in [0.2, 0.25) is 15.9 Å². The van der Waals surface area contributed by atoms with E-state index in [0.717, 1.165) is 5.56 Å². The molecule has 0 spiro atoms. The number of benzene rings is 1. The van der Waals surface area contributed by atoms with Crippen LogP contribution < -0.4 is 11.1 Å². The van der Waals surface area contributed by atoms with E-state index in [0.29, 0.717) is 18.7 Å². The van der Waals surface area contributed by atoms with Crippen LogP contribution in [0.5, 0.6) is 0 Å². The summed E-state index contributed by atoms with van der Waals surface area (Å²) < 4.78 is 26.7. The highest BCUT2D eigenvalue weighted by molar-refractivity contribution is 7.89. The fraction of sp³-hybridized carbons (Fsp3) is 0.500. The predicted molar refractivity (Wildman–Crippen MR) is 81.1 cm³/mol. The Labute approximate surface area is 125 Å². The summed E-state index contributed by atoms with van der Waals surface area (Å²) in [7, 11) is -2.03. The number of carbonyl (C=O) groups excluding carboxylic acids is 1. The van der Waals surface area contributed by atoms with E-state index in [2.05, 4.69) is 5.32 Å². The van der Waals surface area contributed by atoms with Crippen molar-refractivity contribution >= 4 is 21.6 Å². The third-order valence-corrected chi connectivity index (χ3v) is 5.93. The van der Waals surface area contributed by atoms with Crippen LogP contribution >= 0.6 is 0 Å². The molecule has 21 heavy (non-hydrogen) atoms. The molecule has 2 rings (SSSR count). The molecule has 0 bridgehead atoms. The van der Waals surface area contributed by atoms with E-state index >= 15 is 0 Å². The van der Waals surface area contributed by atoms with Crippen molar-refractivity contribution in [3.05, 3.63) is 23.8 Å². The monoisotopic (exact) mass is 311 g/mol.